The van der Waals surface area contributed by atoms with Crippen LogP contribution in [0.5, 0.6) is 0 Å². The monoisotopic (exact) mass is 550 g/mol. The Bertz CT molecular complexity index is 1040. The zero-order chi connectivity index (χ0) is 27.9. The molecular formula is C20H27N2O14P. The highest BCUT2D eigenvalue weighted by Gasteiger charge is 2.53. The van der Waals surface area contributed by atoms with Gasteiger partial charge in [-0.05, 0) is 5.92 Å². The first-order valence-electron chi connectivity index (χ1n) is 10.8. The maximum absolute atomic E-state index is 12.9. The van der Waals surface area contributed by atoms with Crippen LogP contribution in [-0.4, -0.2) is 84.5 Å². The number of ether oxygens (including phenoxy) is 3. The van der Waals surface area contributed by atoms with Crippen molar-refractivity contribution in [2.24, 2.45) is 17.8 Å². The zero-order valence-corrected chi connectivity index (χ0v) is 20.6. The highest BCUT2D eigenvalue weighted by atomic mass is 31.2. The van der Waals surface area contributed by atoms with Crippen molar-refractivity contribution in [3.05, 3.63) is 18.7 Å². The Labute approximate surface area is 209 Å². The number of rotatable bonds is 13. The van der Waals surface area contributed by atoms with Crippen LogP contribution < -0.4 is 0 Å². The van der Waals surface area contributed by atoms with Crippen LogP contribution in [-0.2, 0) is 47.3 Å². The summed E-state index contributed by atoms with van der Waals surface area (Å²) in [6, 6.07) is 0. The molecule has 0 radical (unpaired) electrons. The van der Waals surface area contributed by atoms with E-state index in [1.54, 1.807) is 0 Å². The molecular weight excluding hydrogens is 523 g/mol. The minimum Gasteiger partial charge on any atom is -0.481 e. The molecule has 2 rings (SSSR count). The molecule has 1 aliphatic rings. The van der Waals surface area contributed by atoms with Crippen molar-refractivity contribution in [2.45, 2.75) is 51.6 Å². The van der Waals surface area contributed by atoms with Gasteiger partial charge in [-0.2, -0.15) is 0 Å². The second-order valence-electron chi connectivity index (χ2n) is 8.24. The molecule has 37 heavy (non-hydrogen) atoms. The summed E-state index contributed by atoms with van der Waals surface area (Å²) in [5.74, 6) is -10.0. The number of aliphatic carboxylic acids is 3. The molecule has 0 saturated carbocycles. The first-order chi connectivity index (χ1) is 17.2. The highest BCUT2D eigenvalue weighted by molar-refractivity contribution is 7.51. The van der Waals surface area contributed by atoms with E-state index in [0.717, 1.165) is 32.6 Å². The van der Waals surface area contributed by atoms with Crippen LogP contribution in [0.1, 0.15) is 33.1 Å². The summed E-state index contributed by atoms with van der Waals surface area (Å²) < 4.78 is 34.7. The third kappa shape index (κ3) is 8.63. The Morgan fingerprint density at radius 1 is 0.973 bits per heavy atom. The summed E-state index contributed by atoms with van der Waals surface area (Å²) in [7, 11) is -4.79. The molecule has 0 bridgehead atoms. The number of carbonyl (C=O) groups excluding carboxylic acids is 2. The molecule has 1 aromatic rings. The summed E-state index contributed by atoms with van der Waals surface area (Å²) >= 11 is 0. The van der Waals surface area contributed by atoms with Crippen LogP contribution in [0.25, 0.3) is 0 Å². The molecule has 1 unspecified atom stereocenters. The Morgan fingerprint density at radius 3 is 2.03 bits per heavy atom. The first-order valence-corrected chi connectivity index (χ1v) is 12.4. The lowest BCUT2D eigenvalue weighted by Crippen LogP contribution is -2.56. The molecule has 1 aromatic heterocycles. The van der Waals surface area contributed by atoms with E-state index in [1.165, 1.54) is 0 Å². The van der Waals surface area contributed by atoms with Crippen LogP contribution in [0, 0.1) is 17.8 Å². The number of hydrogen-bond donors (Lipinski definition) is 4. The van der Waals surface area contributed by atoms with Gasteiger partial charge in [0, 0.05) is 44.5 Å². The average molecular weight is 550 g/mol. The number of esters is 2. The van der Waals surface area contributed by atoms with Gasteiger partial charge in [-0.25, -0.2) is 13.9 Å². The summed E-state index contributed by atoms with van der Waals surface area (Å²) in [5, 5.41) is 28.5. The topological polar surface area (TPSA) is 238 Å². The Balaban J connectivity index is 2.62. The molecule has 17 heteroatoms. The average Bonchev–Trinajstić information content (AvgIpc) is 3.30. The van der Waals surface area contributed by atoms with Crippen LogP contribution in [0.15, 0.2) is 18.7 Å². The number of carboxylic acids is 3. The summed E-state index contributed by atoms with van der Waals surface area (Å²) in [6.45, 7) is 1.42. The molecule has 1 fully saturated rings. The standard InChI is InChI=1S/C20H27N2O14P/c1-10(23)33-8-15(34-11(2)24)19-13(6-17(27)28)12(5-16(25)26)14(7-18(29)30)20(35-19)36-37(31,32)22-4-3-21-9-22/h3-4,9,12-15,19-20H,5-8H2,1-2H3,(H,25,26)(H,27,28)(H,29,30)(H,31,32)/t12-,13+,14-,15+,19+,20-/m0/s1. The van der Waals surface area contributed by atoms with Gasteiger partial charge in [-0.15, -0.1) is 0 Å². The fraction of sp³-hybridized carbons (Fsp3) is 0.600. The fourth-order valence-electron chi connectivity index (χ4n) is 4.21. The van der Waals surface area contributed by atoms with Gasteiger partial charge in [0.1, 0.15) is 19.0 Å². The predicted octanol–water partition coefficient (Wildman–Crippen LogP) is 0.341. The molecule has 0 aromatic carbocycles. The largest absolute Gasteiger partial charge is 0.481 e. The van der Waals surface area contributed by atoms with Crippen molar-refractivity contribution < 1.29 is 67.5 Å². The van der Waals surface area contributed by atoms with Crippen molar-refractivity contribution in [1.29, 1.82) is 0 Å². The van der Waals surface area contributed by atoms with E-state index < -0.39 is 99.7 Å². The van der Waals surface area contributed by atoms with Gasteiger partial charge in [0.15, 0.2) is 12.4 Å². The van der Waals surface area contributed by atoms with Crippen LogP contribution in [0.3, 0.4) is 0 Å². The third-order valence-electron chi connectivity index (χ3n) is 5.55. The minimum absolute atomic E-state index is 0.635. The summed E-state index contributed by atoms with van der Waals surface area (Å²) in [6.07, 6.45) is -4.10. The second kappa shape index (κ2) is 12.8. The van der Waals surface area contributed by atoms with Crippen LogP contribution >= 0.6 is 7.75 Å². The van der Waals surface area contributed by atoms with Crippen molar-refractivity contribution >= 4 is 37.6 Å². The van der Waals surface area contributed by atoms with E-state index in [2.05, 4.69) is 4.98 Å². The van der Waals surface area contributed by atoms with E-state index in [0.29, 0.717) is 4.34 Å². The Kier molecular flexibility index (Phi) is 10.3. The van der Waals surface area contributed by atoms with Gasteiger partial charge >= 0.3 is 37.6 Å². The summed E-state index contributed by atoms with van der Waals surface area (Å²) in [4.78, 5) is 72.4. The highest BCUT2D eigenvalue weighted by Crippen LogP contribution is 2.51. The number of aromatic nitrogens is 2. The van der Waals surface area contributed by atoms with Crippen molar-refractivity contribution in [3.8, 4) is 0 Å². The molecule has 16 nitrogen and oxygen atoms in total. The Morgan fingerprint density at radius 2 is 1.54 bits per heavy atom. The molecule has 4 N–H and O–H groups in total. The van der Waals surface area contributed by atoms with Gasteiger partial charge in [-0.1, -0.05) is 0 Å². The lowest BCUT2D eigenvalue weighted by Gasteiger charge is -2.47. The Hall–Kier alpha value is -3.33. The normalized spacial score (nSPS) is 25.9. The smallest absolute Gasteiger partial charge is 0.439 e. The molecule has 0 aliphatic carbocycles. The molecule has 0 amide bonds. The van der Waals surface area contributed by atoms with Crippen LogP contribution in [0.4, 0.5) is 0 Å². The second-order valence-corrected chi connectivity index (χ2v) is 9.90. The number of carbonyl (C=O) groups is 5. The lowest BCUT2D eigenvalue weighted by atomic mass is 9.70. The molecule has 7 atom stereocenters. The maximum atomic E-state index is 12.9. The SMILES string of the molecule is CC(=O)OC[C@@H](OC(C)=O)[C@@H]1O[C@@H](OP(=O)(O)n2ccnc2)[C@@H](CC(=O)O)[C@@H](CC(=O)O)[C@H]1CC(=O)O. The zero-order valence-electron chi connectivity index (χ0n) is 19.7. The van der Waals surface area contributed by atoms with E-state index in [-0.39, 0.29) is 0 Å². The number of nitrogens with zero attached hydrogens (tertiary/aromatic N) is 2. The quantitative estimate of drug-likeness (QED) is 0.191. The van der Waals surface area contributed by atoms with Gasteiger partial charge < -0.3 is 34.4 Å². The number of imidazole rings is 1. The van der Waals surface area contributed by atoms with Gasteiger partial charge in [0.05, 0.1) is 12.8 Å². The predicted molar refractivity (Wildman–Crippen MR) is 117 cm³/mol. The molecule has 206 valence electrons. The molecule has 0 spiro atoms. The van der Waals surface area contributed by atoms with E-state index >= 15 is 0 Å². The van der Waals surface area contributed by atoms with Crippen molar-refractivity contribution in [2.75, 3.05) is 6.61 Å². The fourth-order valence-corrected chi connectivity index (χ4v) is 5.21. The minimum atomic E-state index is -4.79. The molecule has 1 aliphatic heterocycles. The molecule has 2 heterocycles. The number of carboxylic acid groups (broad SMARTS) is 3. The van der Waals surface area contributed by atoms with Gasteiger partial charge in [-0.3, -0.25) is 28.5 Å². The van der Waals surface area contributed by atoms with Gasteiger partial charge in [0.2, 0.25) is 0 Å². The van der Waals surface area contributed by atoms with Crippen molar-refractivity contribution in [1.82, 2.24) is 9.32 Å². The van der Waals surface area contributed by atoms with Crippen molar-refractivity contribution in [3.63, 3.8) is 0 Å². The lowest BCUT2D eigenvalue weighted by molar-refractivity contribution is -0.256. The van der Waals surface area contributed by atoms with Crippen LogP contribution in [0.2, 0.25) is 0 Å². The summed E-state index contributed by atoms with van der Waals surface area (Å²) in [5.41, 5.74) is 0. The van der Waals surface area contributed by atoms with E-state index in [4.69, 9.17) is 18.7 Å². The van der Waals surface area contributed by atoms with E-state index in [1.807, 2.05) is 0 Å². The maximum Gasteiger partial charge on any atom is 0.439 e. The third-order valence-corrected chi connectivity index (χ3v) is 6.85. The van der Waals surface area contributed by atoms with E-state index in [9.17, 15) is 48.8 Å². The first kappa shape index (κ1) is 29.9. The molecule has 1 saturated heterocycles. The van der Waals surface area contributed by atoms with Gasteiger partial charge in [0.25, 0.3) is 0 Å². The number of hydrogen-bond acceptors (Lipinski definition) is 11.